The lowest BCUT2D eigenvalue weighted by Crippen LogP contribution is -2.30. The first kappa shape index (κ1) is 19.6. The van der Waals surface area contributed by atoms with Gasteiger partial charge in [-0.3, -0.25) is 4.79 Å². The number of benzene rings is 3. The maximum atomic E-state index is 14.0. The monoisotopic (exact) mass is 407 g/mol. The third kappa shape index (κ3) is 3.52. The van der Waals surface area contributed by atoms with Crippen molar-refractivity contribution in [2.75, 3.05) is 7.11 Å². The number of halogens is 2. The highest BCUT2D eigenvalue weighted by Gasteiger charge is 2.41. The van der Waals surface area contributed by atoms with Gasteiger partial charge in [-0.2, -0.15) is 0 Å². The van der Waals surface area contributed by atoms with E-state index < -0.39 is 29.3 Å². The van der Waals surface area contributed by atoms with Crippen molar-refractivity contribution in [3.8, 4) is 5.75 Å². The van der Waals surface area contributed by atoms with Crippen LogP contribution in [0.5, 0.6) is 5.75 Å². The number of carbonyl (C=O) groups excluding carboxylic acids is 1. The van der Waals surface area contributed by atoms with Crippen molar-refractivity contribution in [3.63, 3.8) is 0 Å². The zero-order chi connectivity index (χ0) is 21.3. The Labute approximate surface area is 172 Å². The molecule has 0 spiro atoms. The van der Waals surface area contributed by atoms with E-state index in [-0.39, 0.29) is 6.54 Å². The normalized spacial score (nSPS) is 16.3. The van der Waals surface area contributed by atoms with E-state index in [1.807, 2.05) is 18.2 Å². The summed E-state index contributed by atoms with van der Waals surface area (Å²) in [6.07, 6.45) is 0. The first-order valence-corrected chi connectivity index (χ1v) is 9.37. The van der Waals surface area contributed by atoms with Crippen molar-refractivity contribution in [1.29, 1.82) is 0 Å². The maximum absolute atomic E-state index is 14.0. The molecule has 152 valence electrons. The van der Waals surface area contributed by atoms with E-state index in [2.05, 4.69) is 0 Å². The molecule has 0 fully saturated rings. The average molecular weight is 407 g/mol. The minimum Gasteiger partial charge on any atom is -0.503 e. The topological polar surface area (TPSA) is 49.8 Å². The van der Waals surface area contributed by atoms with E-state index >= 15 is 0 Å². The second kappa shape index (κ2) is 7.99. The molecule has 3 aromatic carbocycles. The van der Waals surface area contributed by atoms with E-state index in [4.69, 9.17) is 4.74 Å². The van der Waals surface area contributed by atoms with Crippen molar-refractivity contribution in [2.24, 2.45) is 0 Å². The number of rotatable bonds is 5. The molecule has 1 heterocycles. The molecule has 1 unspecified atom stereocenters. The minimum absolute atomic E-state index is 0.173. The van der Waals surface area contributed by atoms with Crippen molar-refractivity contribution < 1.29 is 23.4 Å². The second-order valence-corrected chi connectivity index (χ2v) is 6.99. The van der Waals surface area contributed by atoms with Gasteiger partial charge in [0, 0.05) is 12.1 Å². The SMILES string of the molecule is COc1ccc(CN2C(=O)C(O)=C(c3ccccc3)C2c2ccc(F)c(F)c2)cc1. The molecule has 6 heteroatoms. The fourth-order valence-electron chi connectivity index (χ4n) is 3.69. The van der Waals surface area contributed by atoms with Crippen LogP contribution in [-0.2, 0) is 11.3 Å². The van der Waals surface area contributed by atoms with Crippen LogP contribution in [0.2, 0.25) is 0 Å². The molecule has 1 aliphatic heterocycles. The summed E-state index contributed by atoms with van der Waals surface area (Å²) in [6.45, 7) is 0.173. The molecular formula is C24H19F2NO3. The zero-order valence-electron chi connectivity index (χ0n) is 16.2. The van der Waals surface area contributed by atoms with Gasteiger partial charge in [0.15, 0.2) is 17.4 Å². The van der Waals surface area contributed by atoms with Crippen LogP contribution < -0.4 is 4.74 Å². The minimum atomic E-state index is -1.01. The predicted molar refractivity (Wildman–Crippen MR) is 109 cm³/mol. The van der Waals surface area contributed by atoms with Crippen LogP contribution in [0.25, 0.3) is 5.57 Å². The fraction of sp³-hybridized carbons (Fsp3) is 0.125. The molecule has 1 amide bonds. The van der Waals surface area contributed by atoms with Crippen LogP contribution >= 0.6 is 0 Å². The zero-order valence-corrected chi connectivity index (χ0v) is 16.2. The number of hydrogen-bond donors (Lipinski definition) is 1. The van der Waals surface area contributed by atoms with E-state index in [0.717, 1.165) is 17.7 Å². The number of carbonyl (C=O) groups is 1. The smallest absolute Gasteiger partial charge is 0.290 e. The number of aliphatic hydroxyl groups excluding tert-OH is 1. The number of aliphatic hydroxyl groups is 1. The molecule has 0 bridgehead atoms. The Morgan fingerprint density at radius 3 is 2.30 bits per heavy atom. The summed E-state index contributed by atoms with van der Waals surface area (Å²) >= 11 is 0. The first-order valence-electron chi connectivity index (χ1n) is 9.37. The third-order valence-corrected chi connectivity index (χ3v) is 5.16. The molecule has 4 nitrogen and oxygen atoms in total. The lowest BCUT2D eigenvalue weighted by Gasteiger charge is -2.27. The van der Waals surface area contributed by atoms with Gasteiger partial charge < -0.3 is 14.7 Å². The Morgan fingerprint density at radius 2 is 1.67 bits per heavy atom. The predicted octanol–water partition coefficient (Wildman–Crippen LogP) is 5.03. The largest absolute Gasteiger partial charge is 0.503 e. The molecule has 0 saturated heterocycles. The first-order chi connectivity index (χ1) is 14.5. The van der Waals surface area contributed by atoms with Crippen LogP contribution in [0.1, 0.15) is 22.7 Å². The molecule has 4 rings (SSSR count). The molecule has 1 N–H and O–H groups in total. The number of methoxy groups -OCH3 is 1. The Kier molecular flexibility index (Phi) is 5.23. The highest BCUT2D eigenvalue weighted by atomic mass is 19.2. The van der Waals surface area contributed by atoms with Crippen molar-refractivity contribution in [1.82, 2.24) is 4.90 Å². The molecule has 1 aliphatic rings. The lowest BCUT2D eigenvalue weighted by molar-refractivity contribution is -0.130. The van der Waals surface area contributed by atoms with Crippen LogP contribution in [0.4, 0.5) is 8.78 Å². The van der Waals surface area contributed by atoms with Gasteiger partial charge in [-0.05, 0) is 41.0 Å². The van der Waals surface area contributed by atoms with Crippen LogP contribution in [0, 0.1) is 11.6 Å². The fourth-order valence-corrected chi connectivity index (χ4v) is 3.69. The van der Waals surface area contributed by atoms with Crippen molar-refractivity contribution >= 4 is 11.5 Å². The Hall–Kier alpha value is -3.67. The second-order valence-electron chi connectivity index (χ2n) is 6.99. The molecule has 0 saturated carbocycles. The van der Waals surface area contributed by atoms with Crippen molar-refractivity contribution in [3.05, 3.63) is 107 Å². The van der Waals surface area contributed by atoms with Gasteiger partial charge in [-0.1, -0.05) is 48.5 Å². The molecule has 30 heavy (non-hydrogen) atoms. The van der Waals surface area contributed by atoms with E-state index in [1.165, 1.54) is 11.0 Å². The van der Waals surface area contributed by atoms with Gasteiger partial charge in [0.05, 0.1) is 13.2 Å². The Bertz CT molecular complexity index is 1110. The molecule has 0 aliphatic carbocycles. The molecule has 3 aromatic rings. The van der Waals surface area contributed by atoms with E-state index in [9.17, 15) is 18.7 Å². The maximum Gasteiger partial charge on any atom is 0.290 e. The van der Waals surface area contributed by atoms with Crippen LogP contribution in [0.15, 0.2) is 78.6 Å². The number of hydrogen-bond acceptors (Lipinski definition) is 3. The van der Waals surface area contributed by atoms with Gasteiger partial charge in [-0.15, -0.1) is 0 Å². The molecular weight excluding hydrogens is 388 g/mol. The molecule has 1 atom stereocenters. The number of amides is 1. The standard InChI is InChI=1S/C24H19F2NO3/c1-30-18-10-7-15(8-11-18)14-27-22(17-9-12-19(25)20(26)13-17)21(23(28)24(27)29)16-5-3-2-4-6-16/h2-13,22,28H,14H2,1H3. The van der Waals surface area contributed by atoms with Crippen molar-refractivity contribution in [2.45, 2.75) is 12.6 Å². The Morgan fingerprint density at radius 1 is 0.967 bits per heavy atom. The summed E-state index contributed by atoms with van der Waals surface area (Å²) in [5.74, 6) is -2.28. The van der Waals surface area contributed by atoms with Gasteiger partial charge in [0.1, 0.15) is 5.75 Å². The van der Waals surface area contributed by atoms with Crippen LogP contribution in [-0.4, -0.2) is 23.0 Å². The summed E-state index contributed by atoms with van der Waals surface area (Å²) in [4.78, 5) is 14.4. The Balaban J connectivity index is 1.79. The van der Waals surface area contributed by atoms with E-state index in [0.29, 0.717) is 22.4 Å². The summed E-state index contributed by atoms with van der Waals surface area (Å²) in [5, 5.41) is 10.7. The van der Waals surface area contributed by atoms with Gasteiger partial charge in [0.2, 0.25) is 0 Å². The van der Waals surface area contributed by atoms with Gasteiger partial charge in [-0.25, -0.2) is 8.78 Å². The lowest BCUT2D eigenvalue weighted by atomic mass is 9.93. The summed E-state index contributed by atoms with van der Waals surface area (Å²) in [6, 6.07) is 18.8. The summed E-state index contributed by atoms with van der Waals surface area (Å²) < 4.78 is 32.7. The highest BCUT2D eigenvalue weighted by Crippen LogP contribution is 2.44. The third-order valence-electron chi connectivity index (χ3n) is 5.16. The highest BCUT2D eigenvalue weighted by molar-refractivity contribution is 6.05. The van der Waals surface area contributed by atoms with E-state index in [1.54, 1.807) is 43.5 Å². The summed E-state index contributed by atoms with van der Waals surface area (Å²) in [5.41, 5.74) is 2.17. The average Bonchev–Trinajstić information content (AvgIpc) is 3.02. The summed E-state index contributed by atoms with van der Waals surface area (Å²) in [7, 11) is 1.56. The number of ether oxygens (including phenoxy) is 1. The quantitative estimate of drug-likeness (QED) is 0.646. The molecule has 0 radical (unpaired) electrons. The van der Waals surface area contributed by atoms with Gasteiger partial charge >= 0.3 is 0 Å². The molecule has 0 aromatic heterocycles. The van der Waals surface area contributed by atoms with Gasteiger partial charge in [0.25, 0.3) is 5.91 Å². The van der Waals surface area contributed by atoms with Crippen LogP contribution in [0.3, 0.4) is 0 Å². The number of nitrogens with zero attached hydrogens (tertiary/aromatic N) is 1.